The van der Waals surface area contributed by atoms with E-state index in [-0.39, 0.29) is 11.8 Å². The lowest BCUT2D eigenvalue weighted by atomic mass is 9.61. The van der Waals surface area contributed by atoms with Gasteiger partial charge in [-0.05, 0) is 30.6 Å². The van der Waals surface area contributed by atoms with Crippen LogP contribution in [0.3, 0.4) is 0 Å². The van der Waals surface area contributed by atoms with Crippen molar-refractivity contribution in [3.8, 4) is 0 Å². The van der Waals surface area contributed by atoms with Gasteiger partial charge in [0.05, 0.1) is 17.3 Å². The first-order chi connectivity index (χ1) is 16.0. The van der Waals surface area contributed by atoms with Crippen molar-refractivity contribution in [1.29, 1.82) is 0 Å². The van der Waals surface area contributed by atoms with Gasteiger partial charge in [-0.1, -0.05) is 41.5 Å². The Hall–Kier alpha value is -2.01. The lowest BCUT2D eigenvalue weighted by molar-refractivity contribution is -0.315. The highest BCUT2D eigenvalue weighted by Crippen LogP contribution is 2.60. The minimum Gasteiger partial charge on any atom is -0.458 e. The zero-order valence-corrected chi connectivity index (χ0v) is 21.2. The fraction of sp³-hybridized carbons (Fsp3) is 0.875. The topological polar surface area (TPSA) is 78.9 Å². The van der Waals surface area contributed by atoms with E-state index in [1.807, 2.05) is 41.5 Å². The van der Waals surface area contributed by atoms with Gasteiger partial charge in [0.25, 0.3) is 6.10 Å². The molecule has 0 N–H and O–H groups in total. The summed E-state index contributed by atoms with van der Waals surface area (Å²) in [5, 5.41) is 0. The molecule has 3 aliphatic rings. The molecule has 0 spiro atoms. The number of hydrogen-bond acceptors (Lipinski definition) is 6. The molecule has 1 aliphatic heterocycles. The highest BCUT2D eigenvalue weighted by atomic mass is 19.4. The van der Waals surface area contributed by atoms with Gasteiger partial charge in [0.15, 0.2) is 0 Å². The summed E-state index contributed by atoms with van der Waals surface area (Å²) in [7, 11) is 0. The van der Waals surface area contributed by atoms with Gasteiger partial charge in [0.2, 0.25) is 0 Å². The molecule has 0 aromatic rings. The van der Waals surface area contributed by atoms with Crippen molar-refractivity contribution < 1.29 is 54.9 Å². The van der Waals surface area contributed by atoms with Crippen LogP contribution >= 0.6 is 0 Å². The van der Waals surface area contributed by atoms with Crippen LogP contribution in [0.5, 0.6) is 0 Å². The molecule has 2 aliphatic carbocycles. The van der Waals surface area contributed by atoms with Crippen LogP contribution in [0.4, 0.5) is 26.3 Å². The van der Waals surface area contributed by atoms with Gasteiger partial charge in [0, 0.05) is 11.8 Å². The van der Waals surface area contributed by atoms with Crippen LogP contribution < -0.4 is 0 Å². The Morgan fingerprint density at radius 1 is 0.944 bits per heavy atom. The van der Waals surface area contributed by atoms with Gasteiger partial charge < -0.3 is 14.2 Å². The highest BCUT2D eigenvalue weighted by molar-refractivity contribution is 5.86. The standard InChI is InChI=1S/C24H32F6O6/c1-20(2,3)9-22(7,21(4,5)6)19(33)35-15-11-8-10-12(16(31)34-14(10)15)13(11)17(32)36-18(23(25,26)27)24(28,29)30/h10-15,18H,8-9H2,1-7H3. The summed E-state index contributed by atoms with van der Waals surface area (Å²) >= 11 is 0. The third-order valence-corrected chi connectivity index (χ3v) is 7.88. The number of esters is 3. The van der Waals surface area contributed by atoms with Crippen molar-refractivity contribution in [2.24, 2.45) is 39.9 Å². The van der Waals surface area contributed by atoms with Crippen LogP contribution in [-0.2, 0) is 28.6 Å². The number of ether oxygens (including phenoxy) is 3. The summed E-state index contributed by atoms with van der Waals surface area (Å²) in [5.41, 5.74) is -1.92. The van der Waals surface area contributed by atoms with Gasteiger partial charge in [0.1, 0.15) is 12.2 Å². The molecular weight excluding hydrogens is 498 g/mol. The van der Waals surface area contributed by atoms with Crippen LogP contribution in [0.2, 0.25) is 0 Å². The van der Waals surface area contributed by atoms with E-state index in [0.29, 0.717) is 6.42 Å². The summed E-state index contributed by atoms with van der Waals surface area (Å²) in [6, 6.07) is 0. The smallest absolute Gasteiger partial charge is 0.434 e. The fourth-order valence-electron chi connectivity index (χ4n) is 5.94. The molecule has 7 atom stereocenters. The maximum Gasteiger partial charge on any atom is 0.434 e. The van der Waals surface area contributed by atoms with E-state index in [1.165, 1.54) is 0 Å². The maximum atomic E-state index is 13.5. The van der Waals surface area contributed by atoms with Crippen LogP contribution in [0, 0.1) is 39.9 Å². The number of carbonyl (C=O) groups excluding carboxylic acids is 3. The molecule has 0 radical (unpaired) electrons. The largest absolute Gasteiger partial charge is 0.458 e. The molecule has 206 valence electrons. The Labute approximate surface area is 205 Å². The number of carbonyl (C=O) groups is 3. The number of alkyl halides is 6. The molecule has 2 bridgehead atoms. The second-order valence-electron chi connectivity index (χ2n) is 12.6. The van der Waals surface area contributed by atoms with E-state index < -0.39 is 83.1 Å². The first-order valence-corrected chi connectivity index (χ1v) is 11.7. The van der Waals surface area contributed by atoms with Crippen LogP contribution in [0.15, 0.2) is 0 Å². The predicted molar refractivity (Wildman–Crippen MR) is 112 cm³/mol. The lowest BCUT2D eigenvalue weighted by Gasteiger charge is -2.44. The summed E-state index contributed by atoms with van der Waals surface area (Å²) in [6.07, 6.45) is -17.7. The summed E-state index contributed by atoms with van der Waals surface area (Å²) in [4.78, 5) is 38.6. The third-order valence-electron chi connectivity index (χ3n) is 7.88. The molecule has 3 fully saturated rings. The van der Waals surface area contributed by atoms with E-state index in [0.717, 1.165) is 0 Å². The molecule has 2 saturated carbocycles. The Balaban J connectivity index is 1.89. The van der Waals surface area contributed by atoms with Gasteiger partial charge in [-0.2, -0.15) is 26.3 Å². The zero-order valence-electron chi connectivity index (χ0n) is 21.2. The van der Waals surface area contributed by atoms with Gasteiger partial charge in [-0.25, -0.2) is 0 Å². The quantitative estimate of drug-likeness (QED) is 0.275. The molecule has 0 amide bonds. The molecule has 1 heterocycles. The van der Waals surface area contributed by atoms with Crippen molar-refractivity contribution in [3.05, 3.63) is 0 Å². The Bertz CT molecular complexity index is 900. The van der Waals surface area contributed by atoms with Gasteiger partial charge in [-0.15, -0.1) is 0 Å². The minimum atomic E-state index is -5.89. The van der Waals surface area contributed by atoms with Crippen LogP contribution in [0.1, 0.15) is 61.3 Å². The summed E-state index contributed by atoms with van der Waals surface area (Å²) in [6.45, 7) is 13.1. The minimum absolute atomic E-state index is 0.0764. The molecule has 1 saturated heterocycles. The second kappa shape index (κ2) is 8.51. The number of rotatable bonds is 5. The van der Waals surface area contributed by atoms with E-state index in [4.69, 9.17) is 9.47 Å². The Kier molecular flexibility index (Phi) is 6.75. The average molecular weight is 531 g/mol. The third kappa shape index (κ3) is 4.92. The number of halogens is 6. The van der Waals surface area contributed by atoms with E-state index in [9.17, 15) is 40.7 Å². The Morgan fingerprint density at radius 2 is 1.47 bits per heavy atom. The monoisotopic (exact) mass is 530 g/mol. The van der Waals surface area contributed by atoms with E-state index >= 15 is 0 Å². The molecule has 3 rings (SSSR count). The summed E-state index contributed by atoms with van der Waals surface area (Å²) < 4.78 is 92.9. The summed E-state index contributed by atoms with van der Waals surface area (Å²) in [5.74, 6) is -7.93. The van der Waals surface area contributed by atoms with Crippen molar-refractivity contribution in [2.75, 3.05) is 0 Å². The van der Waals surface area contributed by atoms with Crippen LogP contribution in [-0.4, -0.2) is 48.6 Å². The SMILES string of the molecule is CC(C)(C)CC(C)(C(=O)OC1C2CC3C1OC(=O)C3C2C(=O)OC(C(F)(F)F)C(F)(F)F)C(C)(C)C. The van der Waals surface area contributed by atoms with E-state index in [1.54, 1.807) is 6.92 Å². The average Bonchev–Trinajstić information content (AvgIpc) is 3.25. The molecule has 6 nitrogen and oxygen atoms in total. The van der Waals surface area contributed by atoms with Crippen LogP contribution in [0.25, 0.3) is 0 Å². The molecule has 0 aromatic carbocycles. The molecule has 36 heavy (non-hydrogen) atoms. The molecule has 12 heteroatoms. The van der Waals surface area contributed by atoms with Crippen molar-refractivity contribution in [3.63, 3.8) is 0 Å². The zero-order chi connectivity index (χ0) is 27.8. The Morgan fingerprint density at radius 3 is 1.92 bits per heavy atom. The fourth-order valence-corrected chi connectivity index (χ4v) is 5.94. The predicted octanol–water partition coefficient (Wildman–Crippen LogP) is 5.23. The van der Waals surface area contributed by atoms with Gasteiger partial charge >= 0.3 is 30.3 Å². The molecular formula is C24H32F6O6. The maximum absolute atomic E-state index is 13.5. The van der Waals surface area contributed by atoms with Crippen molar-refractivity contribution in [1.82, 2.24) is 0 Å². The molecule has 0 aromatic heterocycles. The van der Waals surface area contributed by atoms with Gasteiger partial charge in [-0.3, -0.25) is 14.4 Å². The molecule has 7 unspecified atom stereocenters. The van der Waals surface area contributed by atoms with Crippen molar-refractivity contribution >= 4 is 17.9 Å². The number of fused-ring (bicyclic) bond motifs is 1. The normalized spacial score (nSPS) is 31.9. The first-order valence-electron chi connectivity index (χ1n) is 11.7. The lowest BCUT2D eigenvalue weighted by Crippen LogP contribution is -2.51. The second-order valence-corrected chi connectivity index (χ2v) is 12.6. The number of hydrogen-bond donors (Lipinski definition) is 0. The van der Waals surface area contributed by atoms with E-state index in [2.05, 4.69) is 4.74 Å². The van der Waals surface area contributed by atoms with Crippen molar-refractivity contribution in [2.45, 2.75) is 92.0 Å². The first kappa shape index (κ1) is 28.6. The highest BCUT2D eigenvalue weighted by Gasteiger charge is 2.71.